The van der Waals surface area contributed by atoms with Gasteiger partial charge in [-0.1, -0.05) is 24.6 Å². The molecule has 2 heterocycles. The van der Waals surface area contributed by atoms with E-state index in [4.69, 9.17) is 0 Å². The molecule has 0 aliphatic carbocycles. The second-order valence-electron chi connectivity index (χ2n) is 6.53. The number of piperazine rings is 1. The third-order valence-corrected chi connectivity index (χ3v) is 6.17. The van der Waals surface area contributed by atoms with Crippen molar-refractivity contribution in [1.29, 1.82) is 0 Å². The SMILES string of the molecule is CS(=O)(=O)N1CCCC[C@H]1C(=O)N1CCN(c2ccccc2)CC1. The van der Waals surface area contributed by atoms with E-state index >= 15 is 0 Å². The molecule has 7 heteroatoms. The molecule has 0 radical (unpaired) electrons. The summed E-state index contributed by atoms with van der Waals surface area (Å²) < 4.78 is 25.3. The molecular formula is C17H25N3O3S. The van der Waals surface area contributed by atoms with E-state index in [1.54, 1.807) is 0 Å². The van der Waals surface area contributed by atoms with E-state index in [9.17, 15) is 13.2 Å². The fourth-order valence-corrected chi connectivity index (χ4v) is 4.70. The Bertz CT molecular complexity index is 670. The molecule has 24 heavy (non-hydrogen) atoms. The molecule has 1 aromatic rings. The average molecular weight is 351 g/mol. The molecular weight excluding hydrogens is 326 g/mol. The zero-order valence-corrected chi connectivity index (χ0v) is 14.9. The molecule has 0 N–H and O–H groups in total. The summed E-state index contributed by atoms with van der Waals surface area (Å²) in [4.78, 5) is 16.9. The number of hydrogen-bond donors (Lipinski definition) is 0. The first kappa shape index (κ1) is 17.2. The molecule has 2 fully saturated rings. The first-order valence-electron chi connectivity index (χ1n) is 8.52. The van der Waals surface area contributed by atoms with Crippen molar-refractivity contribution in [1.82, 2.24) is 9.21 Å². The lowest BCUT2D eigenvalue weighted by Crippen LogP contribution is -2.57. The van der Waals surface area contributed by atoms with E-state index in [0.717, 1.165) is 25.9 Å². The number of sulfonamides is 1. The average Bonchev–Trinajstić information content (AvgIpc) is 2.61. The Morgan fingerprint density at radius 1 is 1.00 bits per heavy atom. The van der Waals surface area contributed by atoms with E-state index in [2.05, 4.69) is 17.0 Å². The highest BCUT2D eigenvalue weighted by Crippen LogP contribution is 2.23. The van der Waals surface area contributed by atoms with Gasteiger partial charge in [0.25, 0.3) is 0 Å². The summed E-state index contributed by atoms with van der Waals surface area (Å²) in [6, 6.07) is 9.65. The molecule has 2 aliphatic rings. The number of piperidine rings is 1. The van der Waals surface area contributed by atoms with Gasteiger partial charge in [0.2, 0.25) is 15.9 Å². The summed E-state index contributed by atoms with van der Waals surface area (Å²) in [5.41, 5.74) is 1.17. The van der Waals surface area contributed by atoms with Crippen LogP contribution < -0.4 is 4.90 Å². The molecule has 1 amide bonds. The monoisotopic (exact) mass is 351 g/mol. The Balaban J connectivity index is 1.64. The fourth-order valence-electron chi connectivity index (χ4n) is 3.58. The third kappa shape index (κ3) is 3.72. The van der Waals surface area contributed by atoms with Gasteiger partial charge in [-0.15, -0.1) is 0 Å². The van der Waals surface area contributed by atoms with Gasteiger partial charge in [-0.2, -0.15) is 4.31 Å². The van der Waals surface area contributed by atoms with Crippen LogP contribution in [0.1, 0.15) is 19.3 Å². The van der Waals surface area contributed by atoms with Crippen molar-refractivity contribution < 1.29 is 13.2 Å². The number of nitrogens with zero attached hydrogens (tertiary/aromatic N) is 3. The smallest absolute Gasteiger partial charge is 0.241 e. The van der Waals surface area contributed by atoms with E-state index in [-0.39, 0.29) is 5.91 Å². The minimum absolute atomic E-state index is 0.0344. The van der Waals surface area contributed by atoms with Gasteiger partial charge in [-0.05, 0) is 25.0 Å². The highest BCUT2D eigenvalue weighted by atomic mass is 32.2. The summed E-state index contributed by atoms with van der Waals surface area (Å²) >= 11 is 0. The van der Waals surface area contributed by atoms with Gasteiger partial charge < -0.3 is 9.80 Å². The first-order valence-corrected chi connectivity index (χ1v) is 10.4. The minimum Gasteiger partial charge on any atom is -0.368 e. The molecule has 2 aliphatic heterocycles. The number of para-hydroxylation sites is 1. The van der Waals surface area contributed by atoms with Crippen molar-refractivity contribution in [2.45, 2.75) is 25.3 Å². The lowest BCUT2D eigenvalue weighted by atomic mass is 10.0. The quantitative estimate of drug-likeness (QED) is 0.820. The van der Waals surface area contributed by atoms with Crippen LogP contribution in [0.3, 0.4) is 0 Å². The van der Waals surface area contributed by atoms with Crippen LogP contribution in [0.4, 0.5) is 5.69 Å². The topological polar surface area (TPSA) is 60.9 Å². The van der Waals surface area contributed by atoms with Crippen LogP contribution in [-0.2, 0) is 14.8 Å². The van der Waals surface area contributed by atoms with Gasteiger partial charge >= 0.3 is 0 Å². The molecule has 0 spiro atoms. The molecule has 1 atom stereocenters. The second-order valence-corrected chi connectivity index (χ2v) is 8.47. The summed E-state index contributed by atoms with van der Waals surface area (Å²) in [5.74, 6) is -0.0344. The maximum atomic E-state index is 12.9. The van der Waals surface area contributed by atoms with E-state index < -0.39 is 16.1 Å². The normalized spacial score (nSPS) is 23.3. The molecule has 0 aromatic heterocycles. The van der Waals surface area contributed by atoms with Crippen LogP contribution in [0.25, 0.3) is 0 Å². The number of hydrogen-bond acceptors (Lipinski definition) is 4. The molecule has 0 bridgehead atoms. The first-order chi connectivity index (χ1) is 11.5. The highest BCUT2D eigenvalue weighted by Gasteiger charge is 2.37. The summed E-state index contributed by atoms with van der Waals surface area (Å²) in [5, 5.41) is 0. The Hall–Kier alpha value is -1.60. The van der Waals surface area contributed by atoms with Crippen LogP contribution in [0, 0.1) is 0 Å². The van der Waals surface area contributed by atoms with Gasteiger partial charge in [0.1, 0.15) is 6.04 Å². The molecule has 1 aromatic carbocycles. The highest BCUT2D eigenvalue weighted by molar-refractivity contribution is 7.88. The van der Waals surface area contributed by atoms with Crippen LogP contribution in [0.2, 0.25) is 0 Å². The fraction of sp³-hybridized carbons (Fsp3) is 0.588. The number of carbonyl (C=O) groups is 1. The lowest BCUT2D eigenvalue weighted by molar-refractivity contribution is -0.136. The van der Waals surface area contributed by atoms with Gasteiger partial charge in [-0.3, -0.25) is 4.79 Å². The molecule has 0 unspecified atom stereocenters. The Labute approximate surface area is 144 Å². The molecule has 3 rings (SSSR count). The Kier molecular flexibility index (Phi) is 5.10. The standard InChI is InChI=1S/C17H25N3O3S/c1-24(22,23)20-10-6-5-9-16(20)17(21)19-13-11-18(12-14-19)15-7-3-2-4-8-15/h2-4,7-8,16H,5-6,9-14H2,1H3/t16-/m0/s1. The van der Waals surface area contributed by atoms with Crippen LogP contribution in [-0.4, -0.2) is 68.6 Å². The zero-order valence-electron chi connectivity index (χ0n) is 14.1. The summed E-state index contributed by atoms with van der Waals surface area (Å²) in [7, 11) is -3.34. The van der Waals surface area contributed by atoms with Gasteiger partial charge in [0, 0.05) is 38.4 Å². The number of amides is 1. The largest absolute Gasteiger partial charge is 0.368 e. The van der Waals surface area contributed by atoms with Crippen molar-refractivity contribution in [3.05, 3.63) is 30.3 Å². The molecule has 132 valence electrons. The molecule has 0 saturated carbocycles. The summed E-state index contributed by atoms with van der Waals surface area (Å²) in [6.45, 7) is 3.30. The van der Waals surface area contributed by atoms with Crippen molar-refractivity contribution in [2.24, 2.45) is 0 Å². The van der Waals surface area contributed by atoms with Crippen molar-refractivity contribution in [3.63, 3.8) is 0 Å². The van der Waals surface area contributed by atoms with Gasteiger partial charge in [0.05, 0.1) is 6.26 Å². The second kappa shape index (κ2) is 7.11. The predicted octanol–water partition coefficient (Wildman–Crippen LogP) is 1.15. The maximum absolute atomic E-state index is 12.9. The van der Waals surface area contributed by atoms with E-state index in [1.807, 2.05) is 23.1 Å². The molecule has 6 nitrogen and oxygen atoms in total. The van der Waals surface area contributed by atoms with Gasteiger partial charge in [-0.25, -0.2) is 8.42 Å². The molecule has 2 saturated heterocycles. The Morgan fingerprint density at radius 2 is 1.67 bits per heavy atom. The number of anilines is 1. The van der Waals surface area contributed by atoms with Crippen LogP contribution in [0.5, 0.6) is 0 Å². The number of rotatable bonds is 3. The number of carbonyl (C=O) groups excluding carboxylic acids is 1. The van der Waals surface area contributed by atoms with Crippen molar-refractivity contribution in [3.8, 4) is 0 Å². The number of benzene rings is 1. The third-order valence-electron chi connectivity index (χ3n) is 4.88. The zero-order chi connectivity index (χ0) is 17.2. The van der Waals surface area contributed by atoms with E-state index in [1.165, 1.54) is 16.2 Å². The van der Waals surface area contributed by atoms with Crippen LogP contribution >= 0.6 is 0 Å². The van der Waals surface area contributed by atoms with E-state index in [0.29, 0.717) is 26.1 Å². The summed E-state index contributed by atoms with van der Waals surface area (Å²) in [6.07, 6.45) is 3.57. The van der Waals surface area contributed by atoms with Crippen molar-refractivity contribution >= 4 is 21.6 Å². The van der Waals surface area contributed by atoms with Crippen molar-refractivity contribution in [2.75, 3.05) is 43.9 Å². The minimum atomic E-state index is -3.34. The maximum Gasteiger partial charge on any atom is 0.241 e. The van der Waals surface area contributed by atoms with Gasteiger partial charge in [0.15, 0.2) is 0 Å². The predicted molar refractivity (Wildman–Crippen MR) is 94.4 cm³/mol. The lowest BCUT2D eigenvalue weighted by Gasteiger charge is -2.40. The van der Waals surface area contributed by atoms with Crippen LogP contribution in [0.15, 0.2) is 30.3 Å². The Morgan fingerprint density at radius 3 is 2.29 bits per heavy atom.